The smallest absolute Gasteiger partial charge is 0.224 e. The minimum Gasteiger partial charge on any atom is -0.381 e. The molecule has 0 bridgehead atoms. The average molecular weight is 518 g/mol. The van der Waals surface area contributed by atoms with Crippen LogP contribution < -0.4 is 10.6 Å². The van der Waals surface area contributed by atoms with Crippen LogP contribution in [0.4, 0.5) is 0 Å². The summed E-state index contributed by atoms with van der Waals surface area (Å²) in [6, 6.07) is 10.0. The van der Waals surface area contributed by atoms with Gasteiger partial charge in [0.05, 0.1) is 13.2 Å². The first-order chi connectivity index (χ1) is 13.7. The topological polar surface area (TPSA) is 75.2 Å². The highest BCUT2D eigenvalue weighted by molar-refractivity contribution is 14.0. The third-order valence-corrected chi connectivity index (χ3v) is 4.68. The van der Waals surface area contributed by atoms with Crippen LogP contribution in [0.5, 0.6) is 0 Å². The predicted molar refractivity (Wildman–Crippen MR) is 127 cm³/mol. The van der Waals surface area contributed by atoms with Gasteiger partial charge in [0.15, 0.2) is 5.96 Å². The molecule has 0 radical (unpaired) electrons. The Morgan fingerprint density at radius 2 is 2.03 bits per heavy atom. The van der Waals surface area contributed by atoms with E-state index in [4.69, 9.17) is 9.47 Å². The van der Waals surface area contributed by atoms with Crippen LogP contribution in [0.25, 0.3) is 0 Å². The van der Waals surface area contributed by atoms with Crippen molar-refractivity contribution in [2.75, 3.05) is 53.6 Å². The van der Waals surface area contributed by atoms with Crippen molar-refractivity contribution in [2.45, 2.75) is 25.8 Å². The number of rotatable bonds is 11. The van der Waals surface area contributed by atoms with Gasteiger partial charge >= 0.3 is 0 Å². The van der Waals surface area contributed by atoms with E-state index in [0.29, 0.717) is 31.4 Å². The van der Waals surface area contributed by atoms with Crippen molar-refractivity contribution in [1.82, 2.24) is 15.5 Å². The second-order valence-electron chi connectivity index (χ2n) is 7.07. The molecule has 1 aliphatic heterocycles. The van der Waals surface area contributed by atoms with Crippen LogP contribution in [0.1, 0.15) is 24.8 Å². The van der Waals surface area contributed by atoms with E-state index in [-0.39, 0.29) is 29.9 Å². The number of carbonyl (C=O) groups is 1. The van der Waals surface area contributed by atoms with E-state index in [0.717, 1.165) is 51.4 Å². The van der Waals surface area contributed by atoms with Crippen LogP contribution >= 0.6 is 24.0 Å². The maximum absolute atomic E-state index is 12.3. The molecule has 2 rings (SSSR count). The lowest BCUT2D eigenvalue weighted by molar-refractivity contribution is -0.130. The lowest BCUT2D eigenvalue weighted by atomic mass is 10.1. The van der Waals surface area contributed by atoms with Crippen molar-refractivity contribution in [2.24, 2.45) is 10.9 Å². The first kappa shape index (κ1) is 25.6. The Labute approximate surface area is 191 Å². The number of aliphatic imine (C=N–C) groups is 1. The quantitative estimate of drug-likeness (QED) is 0.204. The lowest BCUT2D eigenvalue weighted by Crippen LogP contribution is -2.40. The maximum Gasteiger partial charge on any atom is 0.224 e. The van der Waals surface area contributed by atoms with E-state index in [2.05, 4.69) is 15.6 Å². The minimum absolute atomic E-state index is 0. The van der Waals surface area contributed by atoms with E-state index in [1.807, 2.05) is 37.4 Å². The fraction of sp³-hybridized carbons (Fsp3) is 0.619. The first-order valence-corrected chi connectivity index (χ1v) is 10.1. The van der Waals surface area contributed by atoms with Gasteiger partial charge in [0, 0.05) is 59.3 Å². The van der Waals surface area contributed by atoms with Crippen molar-refractivity contribution < 1.29 is 14.3 Å². The van der Waals surface area contributed by atoms with Gasteiger partial charge in [-0.2, -0.15) is 0 Å². The largest absolute Gasteiger partial charge is 0.381 e. The molecule has 1 amide bonds. The number of guanidine groups is 1. The second-order valence-corrected chi connectivity index (χ2v) is 7.07. The Morgan fingerprint density at radius 3 is 2.72 bits per heavy atom. The molecule has 0 aromatic heterocycles. The van der Waals surface area contributed by atoms with Gasteiger partial charge in [0.25, 0.3) is 0 Å². The van der Waals surface area contributed by atoms with Crippen LogP contribution in [0.15, 0.2) is 35.3 Å². The second kappa shape index (κ2) is 15.4. The summed E-state index contributed by atoms with van der Waals surface area (Å²) in [6.07, 6.45) is 2.44. The van der Waals surface area contributed by atoms with Crippen molar-refractivity contribution in [3.8, 4) is 0 Å². The highest BCUT2D eigenvalue weighted by Gasteiger charge is 2.15. The number of benzene rings is 1. The predicted octanol–water partition coefficient (Wildman–Crippen LogP) is 2.26. The zero-order chi connectivity index (χ0) is 20.0. The minimum atomic E-state index is 0. The molecule has 1 aromatic rings. The number of halogens is 1. The Hall–Kier alpha value is -1.39. The summed E-state index contributed by atoms with van der Waals surface area (Å²) in [4.78, 5) is 18.2. The van der Waals surface area contributed by atoms with Gasteiger partial charge in [0.2, 0.25) is 5.91 Å². The lowest BCUT2D eigenvalue weighted by Gasteiger charge is -2.18. The van der Waals surface area contributed by atoms with Gasteiger partial charge in [-0.1, -0.05) is 30.3 Å². The molecule has 0 spiro atoms. The molecule has 164 valence electrons. The van der Waals surface area contributed by atoms with Crippen molar-refractivity contribution in [3.05, 3.63) is 35.9 Å². The normalized spacial score (nSPS) is 16.2. The van der Waals surface area contributed by atoms with Gasteiger partial charge < -0.3 is 25.0 Å². The molecule has 29 heavy (non-hydrogen) atoms. The first-order valence-electron chi connectivity index (χ1n) is 10.1. The molecule has 0 saturated carbocycles. The molecule has 1 fully saturated rings. The van der Waals surface area contributed by atoms with E-state index >= 15 is 0 Å². The summed E-state index contributed by atoms with van der Waals surface area (Å²) in [5.74, 6) is 1.37. The van der Waals surface area contributed by atoms with Crippen molar-refractivity contribution in [3.63, 3.8) is 0 Å². The van der Waals surface area contributed by atoms with E-state index in [9.17, 15) is 4.79 Å². The van der Waals surface area contributed by atoms with E-state index in [1.54, 1.807) is 11.9 Å². The van der Waals surface area contributed by atoms with Crippen LogP contribution in [0.3, 0.4) is 0 Å². The summed E-state index contributed by atoms with van der Waals surface area (Å²) < 4.78 is 11.0. The Morgan fingerprint density at radius 1 is 1.28 bits per heavy atom. The summed E-state index contributed by atoms with van der Waals surface area (Å²) in [7, 11) is 3.56. The number of carbonyl (C=O) groups excluding carboxylic acids is 1. The number of ether oxygens (including phenoxy) is 2. The number of hydrogen-bond acceptors (Lipinski definition) is 4. The summed E-state index contributed by atoms with van der Waals surface area (Å²) in [6.45, 7) is 5.16. The fourth-order valence-corrected chi connectivity index (χ4v) is 2.99. The number of nitrogens with one attached hydrogen (secondary N) is 2. The van der Waals surface area contributed by atoms with E-state index in [1.165, 1.54) is 0 Å². The van der Waals surface area contributed by atoms with E-state index < -0.39 is 0 Å². The zero-order valence-electron chi connectivity index (χ0n) is 17.6. The Kier molecular flexibility index (Phi) is 13.7. The SMILES string of the molecule is CN=C(NCCCOCC1CCOC1)NCCC(=O)N(C)Cc1ccccc1.I. The van der Waals surface area contributed by atoms with Crippen LogP contribution in [0, 0.1) is 5.92 Å². The molecule has 2 N–H and O–H groups in total. The summed E-state index contributed by atoms with van der Waals surface area (Å²) in [5.41, 5.74) is 1.13. The zero-order valence-corrected chi connectivity index (χ0v) is 19.9. The van der Waals surface area contributed by atoms with Crippen molar-refractivity contribution in [1.29, 1.82) is 0 Å². The molecule has 8 heteroatoms. The molecule has 1 atom stereocenters. The van der Waals surface area contributed by atoms with Crippen LogP contribution in [0.2, 0.25) is 0 Å². The molecule has 1 saturated heterocycles. The molecular formula is C21H35IN4O3. The number of amides is 1. The Balaban J connectivity index is 0.00000420. The summed E-state index contributed by atoms with van der Waals surface area (Å²) in [5, 5.41) is 6.44. The van der Waals surface area contributed by atoms with Gasteiger partial charge in [0.1, 0.15) is 0 Å². The van der Waals surface area contributed by atoms with Crippen molar-refractivity contribution >= 4 is 35.8 Å². The van der Waals surface area contributed by atoms with Crippen LogP contribution in [-0.2, 0) is 20.8 Å². The van der Waals surface area contributed by atoms with Gasteiger partial charge in [-0.25, -0.2) is 0 Å². The fourth-order valence-electron chi connectivity index (χ4n) is 2.99. The maximum atomic E-state index is 12.3. The van der Waals surface area contributed by atoms with Gasteiger partial charge in [-0.3, -0.25) is 9.79 Å². The molecule has 1 unspecified atom stereocenters. The average Bonchev–Trinajstić information content (AvgIpc) is 3.23. The van der Waals surface area contributed by atoms with Crippen LogP contribution in [-0.4, -0.2) is 70.4 Å². The third kappa shape index (κ3) is 10.8. The van der Waals surface area contributed by atoms with Gasteiger partial charge in [-0.15, -0.1) is 24.0 Å². The molecule has 0 aliphatic carbocycles. The molecular weight excluding hydrogens is 483 g/mol. The molecule has 7 nitrogen and oxygen atoms in total. The monoisotopic (exact) mass is 518 g/mol. The van der Waals surface area contributed by atoms with Gasteiger partial charge in [-0.05, 0) is 18.4 Å². The molecule has 1 heterocycles. The molecule has 1 aromatic carbocycles. The highest BCUT2D eigenvalue weighted by atomic mass is 127. The third-order valence-electron chi connectivity index (χ3n) is 4.68. The highest BCUT2D eigenvalue weighted by Crippen LogP contribution is 2.12. The summed E-state index contributed by atoms with van der Waals surface area (Å²) >= 11 is 0. The molecule has 1 aliphatic rings. The standard InChI is InChI=1S/C21H34N4O3.HI/c1-22-21(23-11-6-13-27-16-19-10-14-28-17-19)24-12-9-20(26)25(2)15-18-7-4-3-5-8-18;/h3-5,7-8,19H,6,9-17H2,1-2H3,(H2,22,23,24);1H. The number of nitrogens with zero attached hydrogens (tertiary/aromatic N) is 2. The number of hydrogen-bond donors (Lipinski definition) is 2. The Bertz CT molecular complexity index is 595.